The molecule has 3 heteroatoms. The third kappa shape index (κ3) is 4.00. The molecule has 0 heterocycles. The van der Waals surface area contributed by atoms with Gasteiger partial charge in [-0.05, 0) is 36.9 Å². The Morgan fingerprint density at radius 1 is 1.16 bits per heavy atom. The first-order valence-corrected chi connectivity index (χ1v) is 7.11. The fourth-order valence-electron chi connectivity index (χ4n) is 2.50. The Kier molecular flexibility index (Phi) is 5.92. The van der Waals surface area contributed by atoms with Gasteiger partial charge in [0.05, 0.1) is 0 Å². The maximum atomic E-state index is 14.0. The van der Waals surface area contributed by atoms with Crippen LogP contribution in [0, 0.1) is 17.6 Å². The molecule has 108 valence electrons. The number of rotatable bonds is 7. The summed E-state index contributed by atoms with van der Waals surface area (Å²) in [7, 11) is 0. The van der Waals surface area contributed by atoms with E-state index in [1.165, 1.54) is 6.07 Å². The second-order valence-corrected chi connectivity index (χ2v) is 5.64. The molecule has 0 fully saturated rings. The minimum Gasteiger partial charge on any atom is -0.316 e. The van der Waals surface area contributed by atoms with Crippen molar-refractivity contribution in [2.24, 2.45) is 5.92 Å². The molecule has 0 unspecified atom stereocenters. The lowest BCUT2D eigenvalue weighted by atomic mass is 9.75. The predicted molar refractivity (Wildman–Crippen MR) is 76.3 cm³/mol. The molecule has 1 rings (SSSR count). The lowest BCUT2D eigenvalue weighted by Crippen LogP contribution is -2.39. The van der Waals surface area contributed by atoms with Gasteiger partial charge < -0.3 is 5.32 Å². The molecular formula is C16H25F2N. The third-order valence-corrected chi connectivity index (χ3v) is 3.87. The van der Waals surface area contributed by atoms with Crippen LogP contribution in [-0.4, -0.2) is 13.1 Å². The predicted octanol–water partition coefficient (Wildman–Crippen LogP) is 4.27. The standard InChI is InChI=1S/C16H25F2N/c1-5-16(6-2,11-19-10-12(3)4)14-8-7-13(17)9-15(14)18/h7-9,12,19H,5-6,10-11H2,1-4H3. The SMILES string of the molecule is CCC(CC)(CNCC(C)C)c1ccc(F)cc1F. The number of halogens is 2. The molecule has 1 aromatic rings. The minimum absolute atomic E-state index is 0.257. The van der Waals surface area contributed by atoms with E-state index in [1.54, 1.807) is 6.07 Å². The number of benzene rings is 1. The molecule has 0 bridgehead atoms. The topological polar surface area (TPSA) is 12.0 Å². The summed E-state index contributed by atoms with van der Waals surface area (Å²) in [6.45, 7) is 10.0. The van der Waals surface area contributed by atoms with Crippen LogP contribution in [0.4, 0.5) is 8.78 Å². The van der Waals surface area contributed by atoms with Gasteiger partial charge in [-0.3, -0.25) is 0 Å². The molecule has 1 aromatic carbocycles. The average Bonchev–Trinajstić information content (AvgIpc) is 2.35. The molecule has 1 N–H and O–H groups in total. The van der Waals surface area contributed by atoms with Crippen molar-refractivity contribution in [1.29, 1.82) is 0 Å². The highest BCUT2D eigenvalue weighted by Crippen LogP contribution is 2.33. The third-order valence-electron chi connectivity index (χ3n) is 3.87. The van der Waals surface area contributed by atoms with Gasteiger partial charge in [0.25, 0.3) is 0 Å². The average molecular weight is 269 g/mol. The van der Waals surface area contributed by atoms with Gasteiger partial charge >= 0.3 is 0 Å². The van der Waals surface area contributed by atoms with Gasteiger partial charge in [-0.15, -0.1) is 0 Å². The summed E-state index contributed by atoms with van der Waals surface area (Å²) in [4.78, 5) is 0. The molecule has 0 atom stereocenters. The monoisotopic (exact) mass is 269 g/mol. The van der Waals surface area contributed by atoms with Crippen LogP contribution < -0.4 is 5.32 Å². The highest BCUT2D eigenvalue weighted by Gasteiger charge is 2.31. The molecule has 0 aromatic heterocycles. The van der Waals surface area contributed by atoms with E-state index < -0.39 is 11.6 Å². The number of hydrogen-bond donors (Lipinski definition) is 1. The second kappa shape index (κ2) is 6.99. The molecule has 0 amide bonds. The molecule has 0 spiro atoms. The van der Waals surface area contributed by atoms with Gasteiger partial charge in [0.15, 0.2) is 0 Å². The zero-order valence-electron chi connectivity index (χ0n) is 12.4. The highest BCUT2D eigenvalue weighted by molar-refractivity contribution is 5.28. The highest BCUT2D eigenvalue weighted by atomic mass is 19.1. The van der Waals surface area contributed by atoms with Crippen LogP contribution in [0.3, 0.4) is 0 Å². The van der Waals surface area contributed by atoms with Crippen molar-refractivity contribution in [2.75, 3.05) is 13.1 Å². The number of hydrogen-bond acceptors (Lipinski definition) is 1. The van der Waals surface area contributed by atoms with E-state index in [4.69, 9.17) is 0 Å². The zero-order valence-corrected chi connectivity index (χ0v) is 12.4. The lowest BCUT2D eigenvalue weighted by Gasteiger charge is -2.33. The van der Waals surface area contributed by atoms with Crippen LogP contribution in [0.25, 0.3) is 0 Å². The second-order valence-electron chi connectivity index (χ2n) is 5.64. The van der Waals surface area contributed by atoms with Crippen LogP contribution in [0.5, 0.6) is 0 Å². The molecular weight excluding hydrogens is 244 g/mol. The van der Waals surface area contributed by atoms with Crippen molar-refractivity contribution in [3.8, 4) is 0 Å². The molecule has 19 heavy (non-hydrogen) atoms. The van der Waals surface area contributed by atoms with Crippen molar-refractivity contribution in [1.82, 2.24) is 5.32 Å². The first kappa shape index (κ1) is 16.1. The van der Waals surface area contributed by atoms with Crippen molar-refractivity contribution >= 4 is 0 Å². The molecule has 0 radical (unpaired) electrons. The van der Waals surface area contributed by atoms with Gasteiger partial charge in [0.1, 0.15) is 11.6 Å². The van der Waals surface area contributed by atoms with Crippen molar-refractivity contribution in [3.63, 3.8) is 0 Å². The Balaban J connectivity index is 2.97. The molecule has 0 saturated carbocycles. The van der Waals surface area contributed by atoms with Crippen LogP contribution >= 0.6 is 0 Å². The van der Waals surface area contributed by atoms with E-state index in [1.807, 2.05) is 0 Å². The quantitative estimate of drug-likeness (QED) is 0.779. The van der Waals surface area contributed by atoms with Gasteiger partial charge in [0.2, 0.25) is 0 Å². The first-order chi connectivity index (χ1) is 8.95. The smallest absolute Gasteiger partial charge is 0.129 e. The Morgan fingerprint density at radius 2 is 1.79 bits per heavy atom. The summed E-state index contributed by atoms with van der Waals surface area (Å²) >= 11 is 0. The van der Waals surface area contributed by atoms with Gasteiger partial charge in [-0.2, -0.15) is 0 Å². The van der Waals surface area contributed by atoms with E-state index in [-0.39, 0.29) is 5.41 Å². The largest absolute Gasteiger partial charge is 0.316 e. The van der Waals surface area contributed by atoms with Crippen molar-refractivity contribution in [3.05, 3.63) is 35.4 Å². The van der Waals surface area contributed by atoms with E-state index in [0.717, 1.165) is 32.0 Å². The summed E-state index contributed by atoms with van der Waals surface area (Å²) in [5, 5.41) is 3.41. The van der Waals surface area contributed by atoms with E-state index in [9.17, 15) is 8.78 Å². The molecule has 0 aliphatic rings. The van der Waals surface area contributed by atoms with Gasteiger partial charge in [0, 0.05) is 18.0 Å². The van der Waals surface area contributed by atoms with Gasteiger partial charge in [-0.25, -0.2) is 8.78 Å². The van der Waals surface area contributed by atoms with Crippen LogP contribution in [0.2, 0.25) is 0 Å². The normalized spacial score (nSPS) is 12.2. The van der Waals surface area contributed by atoms with E-state index in [2.05, 4.69) is 33.0 Å². The summed E-state index contributed by atoms with van der Waals surface area (Å²) in [5.41, 5.74) is 0.363. The van der Waals surface area contributed by atoms with Crippen LogP contribution in [0.1, 0.15) is 46.1 Å². The first-order valence-electron chi connectivity index (χ1n) is 7.11. The number of nitrogens with one attached hydrogen (secondary N) is 1. The van der Waals surface area contributed by atoms with Crippen LogP contribution in [-0.2, 0) is 5.41 Å². The molecule has 0 aliphatic heterocycles. The lowest BCUT2D eigenvalue weighted by molar-refractivity contribution is 0.345. The summed E-state index contributed by atoms with van der Waals surface area (Å²) in [6, 6.07) is 3.92. The van der Waals surface area contributed by atoms with Crippen LogP contribution in [0.15, 0.2) is 18.2 Å². The Hall–Kier alpha value is -0.960. The summed E-state index contributed by atoms with van der Waals surface area (Å²) in [6.07, 6.45) is 1.66. The van der Waals surface area contributed by atoms with Crippen molar-refractivity contribution < 1.29 is 8.78 Å². The molecule has 0 saturated heterocycles. The van der Waals surface area contributed by atoms with E-state index in [0.29, 0.717) is 11.5 Å². The fourth-order valence-corrected chi connectivity index (χ4v) is 2.50. The minimum atomic E-state index is -0.516. The Bertz CT molecular complexity index is 398. The maximum absolute atomic E-state index is 14.0. The summed E-state index contributed by atoms with van der Waals surface area (Å²) in [5.74, 6) is -0.392. The molecule has 0 aliphatic carbocycles. The Labute approximate surface area is 115 Å². The maximum Gasteiger partial charge on any atom is 0.129 e. The fraction of sp³-hybridized carbons (Fsp3) is 0.625. The van der Waals surface area contributed by atoms with Crippen molar-refractivity contribution in [2.45, 2.75) is 46.0 Å². The summed E-state index contributed by atoms with van der Waals surface area (Å²) < 4.78 is 27.1. The van der Waals surface area contributed by atoms with Gasteiger partial charge in [-0.1, -0.05) is 33.8 Å². The molecule has 1 nitrogen and oxygen atoms in total. The van der Waals surface area contributed by atoms with E-state index >= 15 is 0 Å². The Morgan fingerprint density at radius 3 is 2.26 bits per heavy atom. The zero-order chi connectivity index (χ0) is 14.5.